The maximum absolute atomic E-state index is 13.2. The van der Waals surface area contributed by atoms with Crippen molar-refractivity contribution in [3.05, 3.63) is 51.4 Å². The van der Waals surface area contributed by atoms with E-state index in [9.17, 15) is 9.59 Å². The van der Waals surface area contributed by atoms with E-state index in [2.05, 4.69) is 22.9 Å². The number of anilines is 1. The summed E-state index contributed by atoms with van der Waals surface area (Å²) < 4.78 is 1.60. The Hall–Kier alpha value is -2.67. The SMILES string of the molecule is CNC(=O)c1ccc(-n2c(NC(C)C)nc3c(c2=O)C[C@@H](C)NC3)cc1. The number of rotatable bonds is 4. The van der Waals surface area contributed by atoms with Crippen molar-refractivity contribution in [3.63, 3.8) is 0 Å². The van der Waals surface area contributed by atoms with Gasteiger partial charge in [-0.1, -0.05) is 0 Å². The van der Waals surface area contributed by atoms with Crippen LogP contribution >= 0.6 is 0 Å². The molecule has 0 bridgehead atoms. The van der Waals surface area contributed by atoms with Gasteiger partial charge in [-0.25, -0.2) is 9.55 Å². The van der Waals surface area contributed by atoms with Gasteiger partial charge >= 0.3 is 0 Å². The molecule has 1 aromatic carbocycles. The summed E-state index contributed by atoms with van der Waals surface area (Å²) in [5.41, 5.74) is 2.73. The molecule has 0 spiro atoms. The molecular weight excluding hydrogens is 330 g/mol. The zero-order chi connectivity index (χ0) is 18.8. The number of benzene rings is 1. The van der Waals surface area contributed by atoms with E-state index in [-0.39, 0.29) is 23.6 Å². The highest BCUT2D eigenvalue weighted by Gasteiger charge is 2.23. The van der Waals surface area contributed by atoms with Crippen molar-refractivity contribution >= 4 is 11.9 Å². The highest BCUT2D eigenvalue weighted by molar-refractivity contribution is 5.94. The summed E-state index contributed by atoms with van der Waals surface area (Å²) in [4.78, 5) is 29.7. The van der Waals surface area contributed by atoms with Crippen LogP contribution in [0.3, 0.4) is 0 Å². The maximum atomic E-state index is 13.2. The molecule has 3 rings (SSSR count). The minimum atomic E-state index is -0.159. The lowest BCUT2D eigenvalue weighted by molar-refractivity contribution is 0.0963. The fraction of sp³-hybridized carbons (Fsp3) is 0.421. The van der Waals surface area contributed by atoms with Crippen LogP contribution in [0.4, 0.5) is 5.95 Å². The topological polar surface area (TPSA) is 88.1 Å². The summed E-state index contributed by atoms with van der Waals surface area (Å²) in [6.45, 7) is 6.66. The Balaban J connectivity index is 2.13. The molecule has 0 radical (unpaired) electrons. The second-order valence-corrected chi connectivity index (χ2v) is 6.91. The summed E-state index contributed by atoms with van der Waals surface area (Å²) in [7, 11) is 1.59. The molecule has 26 heavy (non-hydrogen) atoms. The molecule has 0 saturated heterocycles. The Kier molecular flexibility index (Phi) is 5.08. The molecule has 2 aromatic rings. The van der Waals surface area contributed by atoms with Gasteiger partial charge in [-0.05, 0) is 51.5 Å². The Morgan fingerprint density at radius 1 is 1.31 bits per heavy atom. The highest BCUT2D eigenvalue weighted by Crippen LogP contribution is 2.19. The quantitative estimate of drug-likeness (QED) is 0.773. The van der Waals surface area contributed by atoms with Gasteiger partial charge in [-0.3, -0.25) is 9.59 Å². The summed E-state index contributed by atoms with van der Waals surface area (Å²) in [6.07, 6.45) is 0.652. The first-order valence-corrected chi connectivity index (χ1v) is 8.88. The van der Waals surface area contributed by atoms with Crippen molar-refractivity contribution in [2.75, 3.05) is 12.4 Å². The van der Waals surface area contributed by atoms with E-state index >= 15 is 0 Å². The van der Waals surface area contributed by atoms with E-state index in [4.69, 9.17) is 4.98 Å². The summed E-state index contributed by atoms with van der Waals surface area (Å²) >= 11 is 0. The molecular formula is C19H25N5O2. The monoisotopic (exact) mass is 355 g/mol. The number of aromatic nitrogens is 2. The molecule has 138 valence electrons. The molecule has 7 heteroatoms. The van der Waals surface area contributed by atoms with Gasteiger partial charge in [0.2, 0.25) is 5.95 Å². The zero-order valence-electron chi connectivity index (χ0n) is 15.6. The molecule has 3 N–H and O–H groups in total. The van der Waals surface area contributed by atoms with Gasteiger partial charge in [0.1, 0.15) is 0 Å². The van der Waals surface area contributed by atoms with Gasteiger partial charge < -0.3 is 16.0 Å². The van der Waals surface area contributed by atoms with Crippen LogP contribution in [0.1, 0.15) is 42.4 Å². The number of carbonyl (C=O) groups excluding carboxylic acids is 1. The van der Waals surface area contributed by atoms with Crippen LogP contribution in [0.5, 0.6) is 0 Å². The first-order chi connectivity index (χ1) is 12.4. The van der Waals surface area contributed by atoms with Crippen molar-refractivity contribution in [3.8, 4) is 5.69 Å². The Morgan fingerprint density at radius 2 is 2.00 bits per heavy atom. The third-order valence-electron chi connectivity index (χ3n) is 4.42. The molecule has 1 aromatic heterocycles. The molecule has 1 amide bonds. The van der Waals surface area contributed by atoms with E-state index < -0.39 is 0 Å². The van der Waals surface area contributed by atoms with E-state index in [1.807, 2.05) is 13.8 Å². The van der Waals surface area contributed by atoms with Gasteiger partial charge in [0, 0.05) is 36.8 Å². The number of hydrogen-bond acceptors (Lipinski definition) is 5. The second-order valence-electron chi connectivity index (χ2n) is 6.91. The molecule has 1 atom stereocenters. The first-order valence-electron chi connectivity index (χ1n) is 8.88. The minimum Gasteiger partial charge on any atom is -0.355 e. The average Bonchev–Trinajstić information content (AvgIpc) is 2.62. The van der Waals surface area contributed by atoms with Crippen LogP contribution in [-0.2, 0) is 13.0 Å². The first kappa shape index (κ1) is 18.1. The number of carbonyl (C=O) groups is 1. The van der Waals surface area contributed by atoms with Crippen molar-refractivity contribution in [2.45, 2.75) is 45.8 Å². The number of hydrogen-bond donors (Lipinski definition) is 3. The maximum Gasteiger partial charge on any atom is 0.263 e. The molecule has 0 aliphatic carbocycles. The summed E-state index contributed by atoms with van der Waals surface area (Å²) in [5.74, 6) is 0.362. The third kappa shape index (κ3) is 3.48. The normalized spacial score (nSPS) is 16.3. The fourth-order valence-electron chi connectivity index (χ4n) is 3.10. The lowest BCUT2D eigenvalue weighted by Crippen LogP contribution is -2.40. The van der Waals surface area contributed by atoms with Crippen LogP contribution in [-0.4, -0.2) is 34.6 Å². The van der Waals surface area contributed by atoms with Crippen molar-refractivity contribution in [1.82, 2.24) is 20.2 Å². The van der Waals surface area contributed by atoms with Gasteiger partial charge in [0.15, 0.2) is 0 Å². The average molecular weight is 355 g/mol. The van der Waals surface area contributed by atoms with Crippen molar-refractivity contribution < 1.29 is 4.79 Å². The van der Waals surface area contributed by atoms with Gasteiger partial charge in [0.05, 0.1) is 11.4 Å². The Bertz CT molecular complexity index is 871. The highest BCUT2D eigenvalue weighted by atomic mass is 16.1. The molecule has 1 aliphatic rings. The van der Waals surface area contributed by atoms with E-state index in [0.717, 1.165) is 11.3 Å². The van der Waals surface area contributed by atoms with Gasteiger partial charge in [-0.2, -0.15) is 0 Å². The standard InChI is InChI=1S/C19H25N5O2/c1-11(2)22-19-23-16-10-21-12(3)9-15(16)18(26)24(19)14-7-5-13(6-8-14)17(25)20-4/h5-8,11-12,21H,9-10H2,1-4H3,(H,20,25)(H,22,23)/t12-/m1/s1. The van der Waals surface area contributed by atoms with Crippen molar-refractivity contribution in [2.24, 2.45) is 0 Å². The van der Waals surface area contributed by atoms with E-state index in [1.165, 1.54) is 0 Å². The molecule has 1 aliphatic heterocycles. The molecule has 0 unspecified atom stereocenters. The predicted octanol–water partition coefficient (Wildman–Crippen LogP) is 1.45. The van der Waals surface area contributed by atoms with Crippen LogP contribution in [0.15, 0.2) is 29.1 Å². The van der Waals surface area contributed by atoms with Crippen molar-refractivity contribution in [1.29, 1.82) is 0 Å². The van der Waals surface area contributed by atoms with Crippen LogP contribution in [0, 0.1) is 0 Å². The lowest BCUT2D eigenvalue weighted by Gasteiger charge is -2.25. The Labute approximate surface area is 152 Å². The number of nitrogens with zero attached hydrogens (tertiary/aromatic N) is 2. The van der Waals surface area contributed by atoms with Crippen LogP contribution in [0.2, 0.25) is 0 Å². The molecule has 2 heterocycles. The molecule has 7 nitrogen and oxygen atoms in total. The summed E-state index contributed by atoms with van der Waals surface area (Å²) in [5, 5.41) is 9.21. The summed E-state index contributed by atoms with van der Waals surface area (Å²) in [6, 6.07) is 7.34. The molecule has 0 fully saturated rings. The van der Waals surface area contributed by atoms with E-state index in [1.54, 1.807) is 35.9 Å². The van der Waals surface area contributed by atoms with Gasteiger partial charge in [0.25, 0.3) is 11.5 Å². The second kappa shape index (κ2) is 7.29. The minimum absolute atomic E-state index is 0.0563. The third-order valence-corrected chi connectivity index (χ3v) is 4.42. The predicted molar refractivity (Wildman–Crippen MR) is 102 cm³/mol. The number of nitrogens with one attached hydrogen (secondary N) is 3. The fourth-order valence-corrected chi connectivity index (χ4v) is 3.10. The smallest absolute Gasteiger partial charge is 0.263 e. The van der Waals surface area contributed by atoms with Crippen LogP contribution < -0.4 is 21.5 Å². The van der Waals surface area contributed by atoms with Gasteiger partial charge in [-0.15, -0.1) is 0 Å². The lowest BCUT2D eigenvalue weighted by atomic mass is 10.0. The number of fused-ring (bicyclic) bond motifs is 1. The number of amides is 1. The zero-order valence-corrected chi connectivity index (χ0v) is 15.6. The van der Waals surface area contributed by atoms with Crippen LogP contribution in [0.25, 0.3) is 5.69 Å². The van der Waals surface area contributed by atoms with E-state index in [0.29, 0.717) is 30.2 Å². The molecule has 0 saturated carbocycles. The largest absolute Gasteiger partial charge is 0.355 e. The Morgan fingerprint density at radius 3 is 2.62 bits per heavy atom.